The predicted molar refractivity (Wildman–Crippen MR) is 105 cm³/mol. The molecule has 3 amide bonds. The van der Waals surface area contributed by atoms with E-state index in [0.717, 1.165) is 24.8 Å². The van der Waals surface area contributed by atoms with Crippen molar-refractivity contribution in [2.45, 2.75) is 31.8 Å². The first-order valence-corrected chi connectivity index (χ1v) is 9.63. The molecule has 28 heavy (non-hydrogen) atoms. The average Bonchev–Trinajstić information content (AvgIpc) is 3.26. The fourth-order valence-corrected chi connectivity index (χ4v) is 4.14. The number of carbonyl (C=O) groups is 3. The van der Waals surface area contributed by atoms with Crippen molar-refractivity contribution < 1.29 is 14.4 Å². The number of hydrogen-bond donors (Lipinski definition) is 2. The van der Waals surface area contributed by atoms with Gasteiger partial charge >= 0.3 is 0 Å². The van der Waals surface area contributed by atoms with Gasteiger partial charge in [-0.2, -0.15) is 0 Å². The van der Waals surface area contributed by atoms with Gasteiger partial charge in [-0.1, -0.05) is 30.7 Å². The van der Waals surface area contributed by atoms with Crippen molar-refractivity contribution in [3.05, 3.63) is 70.8 Å². The van der Waals surface area contributed by atoms with E-state index >= 15 is 0 Å². The van der Waals surface area contributed by atoms with Crippen LogP contribution in [0.25, 0.3) is 0 Å². The minimum absolute atomic E-state index is 0.109. The second-order valence-corrected chi connectivity index (χ2v) is 7.45. The fraction of sp³-hybridized carbons (Fsp3) is 0.318. The van der Waals surface area contributed by atoms with Crippen LogP contribution in [-0.2, 0) is 6.54 Å². The van der Waals surface area contributed by atoms with Gasteiger partial charge in [-0.05, 0) is 55.1 Å². The molecule has 2 atom stereocenters. The minimum Gasteiger partial charge on any atom is -0.349 e. The molecule has 6 nitrogen and oxygen atoms in total. The van der Waals surface area contributed by atoms with Crippen molar-refractivity contribution >= 4 is 17.7 Å². The maximum absolute atomic E-state index is 12.7. The summed E-state index contributed by atoms with van der Waals surface area (Å²) in [5.74, 6) is -0.417. The lowest BCUT2D eigenvalue weighted by atomic mass is 10.0. The van der Waals surface area contributed by atoms with E-state index in [-0.39, 0.29) is 30.3 Å². The van der Waals surface area contributed by atoms with Crippen LogP contribution >= 0.6 is 0 Å². The van der Waals surface area contributed by atoms with Gasteiger partial charge in [0, 0.05) is 11.6 Å². The van der Waals surface area contributed by atoms with E-state index in [1.807, 2.05) is 6.07 Å². The van der Waals surface area contributed by atoms with Gasteiger partial charge in [-0.25, -0.2) is 0 Å². The SMILES string of the molecule is NCC1CCCC1NC(=O)c1cccc(CN2C(=O)c3ccccc3C2=O)c1. The fourth-order valence-electron chi connectivity index (χ4n) is 4.14. The highest BCUT2D eigenvalue weighted by molar-refractivity contribution is 6.21. The molecular weight excluding hydrogens is 354 g/mol. The number of benzene rings is 2. The standard InChI is InChI=1S/C22H23N3O3/c23-12-16-7-4-10-19(16)24-20(26)15-6-3-5-14(11-15)13-25-21(27)17-8-1-2-9-18(17)22(25)28/h1-3,5-6,8-9,11,16,19H,4,7,10,12-13,23H2,(H,24,26). The van der Waals surface area contributed by atoms with Crippen molar-refractivity contribution in [1.29, 1.82) is 0 Å². The molecule has 0 radical (unpaired) electrons. The van der Waals surface area contributed by atoms with Gasteiger partial charge in [0.15, 0.2) is 0 Å². The van der Waals surface area contributed by atoms with Crippen LogP contribution in [0.15, 0.2) is 48.5 Å². The number of fused-ring (bicyclic) bond motifs is 1. The van der Waals surface area contributed by atoms with Crippen LogP contribution in [-0.4, -0.2) is 35.2 Å². The summed E-state index contributed by atoms with van der Waals surface area (Å²) in [5, 5.41) is 3.08. The summed E-state index contributed by atoms with van der Waals surface area (Å²) in [7, 11) is 0. The molecule has 0 bridgehead atoms. The Morgan fingerprint density at radius 1 is 1.04 bits per heavy atom. The van der Waals surface area contributed by atoms with Gasteiger partial charge in [0.25, 0.3) is 17.7 Å². The second kappa shape index (κ2) is 7.56. The van der Waals surface area contributed by atoms with Gasteiger partial charge in [0.2, 0.25) is 0 Å². The Kier molecular flexibility index (Phi) is 4.96. The largest absolute Gasteiger partial charge is 0.349 e. The number of nitrogens with zero attached hydrogens (tertiary/aromatic N) is 1. The van der Waals surface area contributed by atoms with E-state index in [0.29, 0.717) is 29.2 Å². The summed E-state index contributed by atoms with van der Waals surface area (Å²) in [6.45, 7) is 0.715. The molecule has 2 aromatic rings. The molecule has 0 aromatic heterocycles. The molecule has 4 rings (SSSR count). The monoisotopic (exact) mass is 377 g/mol. The number of rotatable bonds is 5. The van der Waals surface area contributed by atoms with E-state index in [4.69, 9.17) is 5.73 Å². The molecule has 0 saturated heterocycles. The van der Waals surface area contributed by atoms with Crippen LogP contribution in [0, 0.1) is 5.92 Å². The van der Waals surface area contributed by atoms with Crippen molar-refractivity contribution in [3.8, 4) is 0 Å². The lowest BCUT2D eigenvalue weighted by molar-refractivity contribution is 0.0642. The first-order chi connectivity index (χ1) is 13.6. The summed E-state index contributed by atoms with van der Waals surface area (Å²) in [5.41, 5.74) is 7.91. The normalized spacial score (nSPS) is 21.1. The summed E-state index contributed by atoms with van der Waals surface area (Å²) in [4.78, 5) is 39.0. The van der Waals surface area contributed by atoms with Crippen LogP contribution in [0.1, 0.15) is 55.9 Å². The first kappa shape index (κ1) is 18.4. The zero-order chi connectivity index (χ0) is 19.7. The smallest absolute Gasteiger partial charge is 0.261 e. The molecule has 144 valence electrons. The molecule has 1 saturated carbocycles. The Bertz CT molecular complexity index is 905. The predicted octanol–water partition coefficient (Wildman–Crippen LogP) is 2.34. The Morgan fingerprint density at radius 3 is 2.43 bits per heavy atom. The van der Waals surface area contributed by atoms with E-state index in [1.165, 1.54) is 4.90 Å². The summed E-state index contributed by atoms with van der Waals surface area (Å²) in [6, 6.07) is 14.0. The number of hydrogen-bond acceptors (Lipinski definition) is 4. The first-order valence-electron chi connectivity index (χ1n) is 9.63. The quantitative estimate of drug-likeness (QED) is 0.782. The summed E-state index contributed by atoms with van der Waals surface area (Å²) < 4.78 is 0. The van der Waals surface area contributed by atoms with E-state index in [2.05, 4.69) is 5.32 Å². The third-order valence-corrected chi connectivity index (χ3v) is 5.69. The molecule has 6 heteroatoms. The van der Waals surface area contributed by atoms with Gasteiger partial charge in [0.1, 0.15) is 0 Å². The molecule has 2 aliphatic rings. The maximum atomic E-state index is 12.7. The number of amides is 3. The Labute approximate surface area is 163 Å². The summed E-state index contributed by atoms with van der Waals surface area (Å²) in [6.07, 6.45) is 3.07. The highest BCUT2D eigenvalue weighted by Crippen LogP contribution is 2.26. The van der Waals surface area contributed by atoms with Crippen LogP contribution in [0.4, 0.5) is 0 Å². The van der Waals surface area contributed by atoms with E-state index in [9.17, 15) is 14.4 Å². The average molecular weight is 377 g/mol. The zero-order valence-electron chi connectivity index (χ0n) is 15.6. The van der Waals surface area contributed by atoms with E-state index in [1.54, 1.807) is 42.5 Å². The Balaban J connectivity index is 1.48. The van der Waals surface area contributed by atoms with Crippen LogP contribution in [0.5, 0.6) is 0 Å². The topological polar surface area (TPSA) is 92.5 Å². The van der Waals surface area contributed by atoms with Crippen LogP contribution in [0.3, 0.4) is 0 Å². The zero-order valence-corrected chi connectivity index (χ0v) is 15.6. The van der Waals surface area contributed by atoms with Crippen LogP contribution < -0.4 is 11.1 Å². The number of nitrogens with two attached hydrogens (primary N) is 1. The molecule has 2 aromatic carbocycles. The third-order valence-electron chi connectivity index (χ3n) is 5.69. The second-order valence-electron chi connectivity index (χ2n) is 7.45. The molecule has 1 aliphatic heterocycles. The highest BCUT2D eigenvalue weighted by atomic mass is 16.2. The van der Waals surface area contributed by atoms with Crippen molar-refractivity contribution in [2.75, 3.05) is 6.54 Å². The lowest BCUT2D eigenvalue weighted by Crippen LogP contribution is -2.39. The third kappa shape index (κ3) is 3.31. The number of imide groups is 1. The van der Waals surface area contributed by atoms with Crippen LogP contribution in [0.2, 0.25) is 0 Å². The summed E-state index contributed by atoms with van der Waals surface area (Å²) >= 11 is 0. The Hall–Kier alpha value is -2.99. The number of carbonyl (C=O) groups excluding carboxylic acids is 3. The van der Waals surface area contributed by atoms with Crippen molar-refractivity contribution in [3.63, 3.8) is 0 Å². The van der Waals surface area contributed by atoms with E-state index < -0.39 is 0 Å². The molecule has 1 aliphatic carbocycles. The molecule has 0 spiro atoms. The maximum Gasteiger partial charge on any atom is 0.261 e. The van der Waals surface area contributed by atoms with Gasteiger partial charge < -0.3 is 11.1 Å². The Morgan fingerprint density at radius 2 is 1.75 bits per heavy atom. The van der Waals surface area contributed by atoms with Gasteiger partial charge in [0.05, 0.1) is 17.7 Å². The molecule has 1 heterocycles. The minimum atomic E-state index is -0.299. The molecule has 1 fully saturated rings. The molecule has 2 unspecified atom stereocenters. The van der Waals surface area contributed by atoms with Gasteiger partial charge in [-0.3, -0.25) is 19.3 Å². The lowest BCUT2D eigenvalue weighted by Gasteiger charge is -2.20. The number of nitrogens with one attached hydrogen (secondary N) is 1. The molecule has 3 N–H and O–H groups in total. The van der Waals surface area contributed by atoms with Crippen molar-refractivity contribution in [1.82, 2.24) is 10.2 Å². The molecular formula is C22H23N3O3. The van der Waals surface area contributed by atoms with Gasteiger partial charge in [-0.15, -0.1) is 0 Å². The highest BCUT2D eigenvalue weighted by Gasteiger charge is 2.35. The van der Waals surface area contributed by atoms with Crippen molar-refractivity contribution in [2.24, 2.45) is 11.7 Å².